The summed E-state index contributed by atoms with van der Waals surface area (Å²) in [5.74, 6) is -1.07. The summed E-state index contributed by atoms with van der Waals surface area (Å²) in [5.41, 5.74) is 1.29. The van der Waals surface area contributed by atoms with Crippen LogP contribution in [-0.4, -0.2) is 22.3 Å². The number of nitrogens with zero attached hydrogens (tertiary/aromatic N) is 1. The number of amides is 1. The fourth-order valence-electron chi connectivity index (χ4n) is 1.97. The van der Waals surface area contributed by atoms with E-state index in [2.05, 4.69) is 10.5 Å². The number of benzene rings is 2. The molecule has 0 aliphatic carbocycles. The van der Waals surface area contributed by atoms with Crippen molar-refractivity contribution in [2.24, 2.45) is 5.10 Å². The van der Waals surface area contributed by atoms with Gasteiger partial charge < -0.3 is 10.2 Å². The predicted molar refractivity (Wildman–Crippen MR) is 80.7 cm³/mol. The lowest BCUT2D eigenvalue weighted by atomic mass is 10.1. The van der Waals surface area contributed by atoms with Gasteiger partial charge in [0.05, 0.1) is 18.2 Å². The number of carbonyl (C=O) groups excluding carboxylic acids is 1. The average Bonchev–Trinajstić information content (AvgIpc) is 2.47. The Bertz CT molecular complexity index is 773. The summed E-state index contributed by atoms with van der Waals surface area (Å²) in [4.78, 5) is 11.7. The van der Waals surface area contributed by atoms with Crippen molar-refractivity contribution in [1.82, 2.24) is 5.43 Å². The second kappa shape index (κ2) is 7.03. The number of hydrogen-bond acceptors (Lipinski definition) is 4. The van der Waals surface area contributed by atoms with Crippen LogP contribution < -0.4 is 5.43 Å². The van der Waals surface area contributed by atoms with Crippen molar-refractivity contribution in [3.8, 4) is 11.5 Å². The molecule has 0 spiro atoms. The van der Waals surface area contributed by atoms with E-state index in [9.17, 15) is 23.1 Å². The second-order valence-corrected chi connectivity index (χ2v) is 4.91. The molecule has 2 rings (SSSR count). The zero-order valence-electron chi connectivity index (χ0n) is 12.2. The van der Waals surface area contributed by atoms with Crippen LogP contribution in [0.15, 0.2) is 47.6 Å². The third-order valence-electron chi connectivity index (χ3n) is 3.01. The normalized spacial score (nSPS) is 11.6. The van der Waals surface area contributed by atoms with E-state index in [-0.39, 0.29) is 17.7 Å². The predicted octanol–water partition coefficient (Wildman–Crippen LogP) is 2.81. The summed E-state index contributed by atoms with van der Waals surface area (Å²) < 4.78 is 38.6. The van der Waals surface area contributed by atoms with Gasteiger partial charge in [0.2, 0.25) is 5.91 Å². The molecule has 1 amide bonds. The quantitative estimate of drug-likeness (QED) is 0.592. The van der Waals surface area contributed by atoms with Crippen LogP contribution in [0.1, 0.15) is 16.7 Å². The maximum absolute atomic E-state index is 12.9. The van der Waals surface area contributed by atoms with Gasteiger partial charge in [0.1, 0.15) is 11.5 Å². The lowest BCUT2D eigenvalue weighted by Crippen LogP contribution is -2.20. The summed E-state index contributed by atoms with van der Waals surface area (Å²) in [6, 6.07) is 8.73. The molecule has 2 aromatic carbocycles. The fraction of sp³-hybridized carbons (Fsp3) is 0.125. The fourth-order valence-corrected chi connectivity index (χ4v) is 1.97. The van der Waals surface area contributed by atoms with E-state index in [4.69, 9.17) is 5.11 Å². The van der Waals surface area contributed by atoms with Crippen molar-refractivity contribution in [1.29, 1.82) is 0 Å². The molecule has 24 heavy (non-hydrogen) atoms. The van der Waals surface area contributed by atoms with Crippen molar-refractivity contribution < 1.29 is 28.2 Å². The molecular weight excluding hydrogens is 325 g/mol. The average molecular weight is 338 g/mol. The molecule has 0 heterocycles. The number of phenolic OH excluding ortho intramolecular Hbond substituents is 2. The van der Waals surface area contributed by atoms with Gasteiger partial charge in [-0.15, -0.1) is 0 Å². The molecule has 0 aliphatic rings. The minimum absolute atomic E-state index is 0.00251. The zero-order chi connectivity index (χ0) is 17.7. The minimum Gasteiger partial charge on any atom is -0.508 e. The number of nitrogens with one attached hydrogen (secondary N) is 1. The van der Waals surface area contributed by atoms with Crippen molar-refractivity contribution >= 4 is 12.1 Å². The molecule has 0 aliphatic heterocycles. The van der Waals surface area contributed by atoms with Crippen molar-refractivity contribution in [3.05, 3.63) is 59.2 Å². The SMILES string of the molecule is O=C(Cc1cccc(O)c1)N/N=C/c1ccc(O)cc1C(F)(F)F. The van der Waals surface area contributed by atoms with Crippen molar-refractivity contribution in [2.75, 3.05) is 0 Å². The number of rotatable bonds is 4. The molecule has 0 aromatic heterocycles. The monoisotopic (exact) mass is 338 g/mol. The maximum atomic E-state index is 12.9. The Hall–Kier alpha value is -3.03. The van der Waals surface area contributed by atoms with Gasteiger partial charge in [-0.3, -0.25) is 4.79 Å². The highest BCUT2D eigenvalue weighted by molar-refractivity contribution is 5.85. The van der Waals surface area contributed by atoms with Gasteiger partial charge in [0.25, 0.3) is 0 Å². The van der Waals surface area contributed by atoms with Gasteiger partial charge in [-0.05, 0) is 35.9 Å². The lowest BCUT2D eigenvalue weighted by Gasteiger charge is -2.10. The first-order valence-corrected chi connectivity index (χ1v) is 6.76. The number of carbonyl (C=O) groups is 1. The molecule has 0 radical (unpaired) electrons. The molecule has 126 valence electrons. The van der Waals surface area contributed by atoms with Gasteiger partial charge >= 0.3 is 6.18 Å². The highest BCUT2D eigenvalue weighted by Gasteiger charge is 2.33. The summed E-state index contributed by atoms with van der Waals surface area (Å²) >= 11 is 0. The Balaban J connectivity index is 2.05. The smallest absolute Gasteiger partial charge is 0.417 e. The van der Waals surface area contributed by atoms with E-state index in [1.54, 1.807) is 12.1 Å². The topological polar surface area (TPSA) is 81.9 Å². The highest BCUT2D eigenvalue weighted by atomic mass is 19.4. The van der Waals surface area contributed by atoms with Crippen molar-refractivity contribution in [3.63, 3.8) is 0 Å². The van der Waals surface area contributed by atoms with E-state index < -0.39 is 23.4 Å². The van der Waals surface area contributed by atoms with E-state index in [0.717, 1.165) is 18.3 Å². The largest absolute Gasteiger partial charge is 0.508 e. The van der Waals surface area contributed by atoms with Crippen LogP contribution in [0.25, 0.3) is 0 Å². The first kappa shape index (κ1) is 17.3. The molecule has 0 fully saturated rings. The summed E-state index contributed by atoms with van der Waals surface area (Å²) in [7, 11) is 0. The molecule has 0 saturated heterocycles. The molecule has 0 unspecified atom stereocenters. The second-order valence-electron chi connectivity index (χ2n) is 4.91. The minimum atomic E-state index is -4.66. The van der Waals surface area contributed by atoms with E-state index in [0.29, 0.717) is 11.6 Å². The summed E-state index contributed by atoms with van der Waals surface area (Å²) in [6.07, 6.45) is -3.90. The van der Waals surface area contributed by atoms with E-state index >= 15 is 0 Å². The number of alkyl halides is 3. The van der Waals surface area contributed by atoms with Gasteiger partial charge in [-0.2, -0.15) is 18.3 Å². The molecule has 2 aromatic rings. The standard InChI is InChI=1S/C16H13F3N2O3/c17-16(18,19)14-8-13(23)5-4-11(14)9-20-21-15(24)7-10-2-1-3-12(22)6-10/h1-6,8-9,22-23H,7H2,(H,21,24)/b20-9+. The van der Waals surface area contributed by atoms with Crippen LogP contribution in [-0.2, 0) is 17.4 Å². The van der Waals surface area contributed by atoms with Crippen LogP contribution in [0, 0.1) is 0 Å². The van der Waals surface area contributed by atoms with Gasteiger partial charge in [-0.25, -0.2) is 5.43 Å². The van der Waals surface area contributed by atoms with Gasteiger partial charge in [0, 0.05) is 5.56 Å². The zero-order valence-corrected chi connectivity index (χ0v) is 12.2. The molecule has 5 nitrogen and oxygen atoms in total. The van der Waals surface area contributed by atoms with Crippen LogP contribution in [0.3, 0.4) is 0 Å². The highest BCUT2D eigenvalue weighted by Crippen LogP contribution is 2.33. The number of halogens is 3. The number of phenols is 2. The van der Waals surface area contributed by atoms with E-state index in [1.807, 2.05) is 0 Å². The Morgan fingerprint density at radius 1 is 1.12 bits per heavy atom. The number of hydrogen-bond donors (Lipinski definition) is 3. The lowest BCUT2D eigenvalue weighted by molar-refractivity contribution is -0.137. The molecule has 3 N–H and O–H groups in total. The van der Waals surface area contributed by atoms with Gasteiger partial charge in [0.15, 0.2) is 0 Å². The summed E-state index contributed by atoms with van der Waals surface area (Å²) in [5, 5.41) is 22.0. The maximum Gasteiger partial charge on any atom is 0.417 e. The molecule has 0 saturated carbocycles. The molecule has 0 bridgehead atoms. The number of hydrazone groups is 1. The Morgan fingerprint density at radius 2 is 1.83 bits per heavy atom. The third-order valence-corrected chi connectivity index (χ3v) is 3.01. The molecule has 0 atom stereocenters. The Kier molecular flexibility index (Phi) is 5.08. The first-order valence-electron chi connectivity index (χ1n) is 6.76. The number of aromatic hydroxyl groups is 2. The molecule has 8 heteroatoms. The Labute approximate surface area is 135 Å². The van der Waals surface area contributed by atoms with Gasteiger partial charge in [-0.1, -0.05) is 12.1 Å². The van der Waals surface area contributed by atoms with E-state index in [1.165, 1.54) is 12.1 Å². The van der Waals surface area contributed by atoms with Crippen LogP contribution in [0.2, 0.25) is 0 Å². The van der Waals surface area contributed by atoms with Crippen molar-refractivity contribution in [2.45, 2.75) is 12.6 Å². The van der Waals surface area contributed by atoms with Crippen LogP contribution in [0.5, 0.6) is 11.5 Å². The first-order chi connectivity index (χ1) is 11.3. The molecular formula is C16H13F3N2O3. The Morgan fingerprint density at radius 3 is 2.50 bits per heavy atom. The third kappa shape index (κ3) is 4.73. The summed E-state index contributed by atoms with van der Waals surface area (Å²) in [6.45, 7) is 0. The van der Waals surface area contributed by atoms with Crippen LogP contribution >= 0.6 is 0 Å². The van der Waals surface area contributed by atoms with Crippen LogP contribution in [0.4, 0.5) is 13.2 Å².